The Balaban J connectivity index is 2.01. The molecule has 1 atom stereocenters. The number of nitrogens with zero attached hydrogens (tertiary/aromatic N) is 1. The monoisotopic (exact) mass is 330 g/mol. The lowest BCUT2D eigenvalue weighted by Crippen LogP contribution is -2.45. The zero-order valence-corrected chi connectivity index (χ0v) is 12.9. The van der Waals surface area contributed by atoms with Crippen LogP contribution in [0.1, 0.15) is 17.5 Å². The molecular formula is C16H14N2O4S. The minimum Gasteiger partial charge on any atom is -0.446 e. The van der Waals surface area contributed by atoms with E-state index < -0.39 is 15.2 Å². The predicted octanol–water partition coefficient (Wildman–Crippen LogP) is 2.65. The molecule has 2 aromatic rings. The van der Waals surface area contributed by atoms with E-state index in [0.29, 0.717) is 24.3 Å². The zero-order chi connectivity index (χ0) is 16.5. The van der Waals surface area contributed by atoms with E-state index in [4.69, 9.17) is 10.00 Å². The van der Waals surface area contributed by atoms with Crippen molar-refractivity contribution in [3.8, 4) is 11.8 Å². The molecule has 1 heterocycles. The molecule has 6 nitrogen and oxygen atoms in total. The molecule has 0 amide bonds. The Labute approximate surface area is 134 Å². The van der Waals surface area contributed by atoms with Gasteiger partial charge in [0, 0.05) is 12.0 Å². The highest BCUT2D eigenvalue weighted by atomic mass is 32.2. The third kappa shape index (κ3) is 2.63. The van der Waals surface area contributed by atoms with Crippen molar-refractivity contribution in [2.75, 3.05) is 5.32 Å². The summed E-state index contributed by atoms with van der Waals surface area (Å²) >= 11 is 0. The van der Waals surface area contributed by atoms with Crippen molar-refractivity contribution in [3.05, 3.63) is 59.7 Å². The van der Waals surface area contributed by atoms with Gasteiger partial charge in [0.15, 0.2) is 0 Å². The first-order chi connectivity index (χ1) is 11.0. The molecule has 0 bridgehead atoms. The maximum absolute atomic E-state index is 12.0. The van der Waals surface area contributed by atoms with Crippen LogP contribution in [0.4, 0.5) is 5.69 Å². The fraction of sp³-hybridized carbons (Fsp3) is 0.188. The van der Waals surface area contributed by atoms with E-state index in [9.17, 15) is 13.0 Å². The molecule has 118 valence electrons. The predicted molar refractivity (Wildman–Crippen MR) is 84.3 cm³/mol. The second-order valence-corrected chi connectivity index (χ2v) is 6.69. The smallest absolute Gasteiger partial charge is 0.335 e. The Kier molecular flexibility index (Phi) is 3.72. The van der Waals surface area contributed by atoms with Gasteiger partial charge in [-0.1, -0.05) is 36.4 Å². The van der Waals surface area contributed by atoms with Crippen molar-refractivity contribution >= 4 is 15.8 Å². The number of para-hydroxylation sites is 2. The van der Waals surface area contributed by atoms with E-state index in [1.54, 1.807) is 48.5 Å². The van der Waals surface area contributed by atoms with Gasteiger partial charge in [-0.2, -0.15) is 13.7 Å². The summed E-state index contributed by atoms with van der Waals surface area (Å²) in [4.78, 5) is 0. The van der Waals surface area contributed by atoms with Crippen LogP contribution < -0.4 is 10.1 Å². The Hall–Kier alpha value is -2.56. The molecule has 1 unspecified atom stereocenters. The quantitative estimate of drug-likeness (QED) is 0.836. The second kappa shape index (κ2) is 5.57. The standard InChI is InChI=1S/C16H14N2O4S/c17-11-3-4-12-7-9-13(10-8-12)16(23(19,20)21)18-14-5-1-2-6-15(14)22-16/h1-2,5-10,18H,3-4H2,(H,19,20,21). The number of nitrogens with one attached hydrogen (secondary N) is 1. The van der Waals surface area contributed by atoms with Gasteiger partial charge in [-0.25, -0.2) is 0 Å². The number of fused-ring (bicyclic) bond motifs is 1. The molecular weight excluding hydrogens is 316 g/mol. The van der Waals surface area contributed by atoms with Crippen molar-refractivity contribution in [1.29, 1.82) is 5.26 Å². The highest BCUT2D eigenvalue weighted by Gasteiger charge is 2.52. The van der Waals surface area contributed by atoms with Crippen molar-refractivity contribution in [1.82, 2.24) is 0 Å². The van der Waals surface area contributed by atoms with Crippen LogP contribution in [0.25, 0.3) is 0 Å². The van der Waals surface area contributed by atoms with Gasteiger partial charge in [-0.05, 0) is 24.1 Å². The first-order valence-electron chi connectivity index (χ1n) is 6.96. The fourth-order valence-electron chi connectivity index (χ4n) is 2.50. The number of hydrogen-bond acceptors (Lipinski definition) is 5. The molecule has 2 N–H and O–H groups in total. The van der Waals surface area contributed by atoms with Crippen LogP contribution in [0.2, 0.25) is 0 Å². The van der Waals surface area contributed by atoms with Gasteiger partial charge in [-0.3, -0.25) is 4.55 Å². The SMILES string of the molecule is N#CCCc1ccc(C2(S(=O)(=O)O)Nc3ccccc3O2)cc1. The molecule has 0 spiro atoms. The van der Waals surface area contributed by atoms with Crippen LogP contribution in [-0.4, -0.2) is 13.0 Å². The van der Waals surface area contributed by atoms with Crippen LogP contribution >= 0.6 is 0 Å². The number of benzene rings is 2. The summed E-state index contributed by atoms with van der Waals surface area (Å²) in [7, 11) is -4.60. The molecule has 0 fully saturated rings. The number of aryl methyl sites for hydroxylation is 1. The number of nitriles is 1. The third-order valence-electron chi connectivity index (χ3n) is 3.66. The lowest BCUT2D eigenvalue weighted by molar-refractivity contribution is 0.190. The van der Waals surface area contributed by atoms with Crippen LogP contribution in [0.5, 0.6) is 5.75 Å². The Bertz CT molecular complexity index is 845. The van der Waals surface area contributed by atoms with Gasteiger partial charge in [0.1, 0.15) is 5.75 Å². The van der Waals surface area contributed by atoms with Gasteiger partial charge >= 0.3 is 15.2 Å². The Morgan fingerprint density at radius 3 is 2.48 bits per heavy atom. The Morgan fingerprint density at radius 1 is 1.17 bits per heavy atom. The van der Waals surface area contributed by atoms with Crippen LogP contribution in [0.3, 0.4) is 0 Å². The summed E-state index contributed by atoms with van der Waals surface area (Å²) < 4.78 is 39.3. The van der Waals surface area contributed by atoms with Crippen molar-refractivity contribution < 1.29 is 17.7 Å². The maximum Gasteiger partial charge on any atom is 0.335 e. The van der Waals surface area contributed by atoms with Crippen molar-refractivity contribution in [2.45, 2.75) is 17.9 Å². The zero-order valence-electron chi connectivity index (χ0n) is 12.1. The van der Waals surface area contributed by atoms with Crippen LogP contribution in [0.15, 0.2) is 48.5 Å². The van der Waals surface area contributed by atoms with Gasteiger partial charge in [0.25, 0.3) is 0 Å². The maximum atomic E-state index is 12.0. The second-order valence-electron chi connectivity index (χ2n) is 5.17. The summed E-state index contributed by atoms with van der Waals surface area (Å²) in [6.45, 7) is 0. The van der Waals surface area contributed by atoms with Crippen LogP contribution in [-0.2, 0) is 21.6 Å². The van der Waals surface area contributed by atoms with Gasteiger partial charge in [0.2, 0.25) is 0 Å². The van der Waals surface area contributed by atoms with E-state index in [1.807, 2.05) is 0 Å². The molecule has 23 heavy (non-hydrogen) atoms. The van der Waals surface area contributed by atoms with Crippen LogP contribution in [0, 0.1) is 11.3 Å². The topological polar surface area (TPSA) is 99.4 Å². The van der Waals surface area contributed by atoms with E-state index in [1.165, 1.54) is 0 Å². The average molecular weight is 330 g/mol. The highest BCUT2D eigenvalue weighted by Crippen LogP contribution is 2.44. The molecule has 1 aliphatic rings. The number of rotatable bonds is 4. The summed E-state index contributed by atoms with van der Waals surface area (Å²) in [6.07, 6.45) is 0.952. The highest BCUT2D eigenvalue weighted by molar-refractivity contribution is 7.86. The molecule has 0 saturated heterocycles. The molecule has 3 rings (SSSR count). The fourth-order valence-corrected chi connectivity index (χ4v) is 3.37. The number of ether oxygens (including phenoxy) is 1. The van der Waals surface area contributed by atoms with E-state index >= 15 is 0 Å². The largest absolute Gasteiger partial charge is 0.446 e. The lowest BCUT2D eigenvalue weighted by Gasteiger charge is -2.26. The molecule has 0 aromatic heterocycles. The summed E-state index contributed by atoms with van der Waals surface area (Å²) in [5, 5.41) is 9.30. The van der Waals surface area contributed by atoms with E-state index in [0.717, 1.165) is 5.56 Å². The summed E-state index contributed by atoms with van der Waals surface area (Å²) in [5.41, 5.74) is 1.65. The molecule has 0 saturated carbocycles. The van der Waals surface area contributed by atoms with E-state index in [-0.39, 0.29) is 5.56 Å². The minimum atomic E-state index is -4.60. The first-order valence-corrected chi connectivity index (χ1v) is 8.40. The minimum absolute atomic E-state index is 0.261. The number of anilines is 1. The third-order valence-corrected chi connectivity index (χ3v) is 4.81. The molecule has 7 heteroatoms. The van der Waals surface area contributed by atoms with Gasteiger partial charge in [-0.15, -0.1) is 0 Å². The Morgan fingerprint density at radius 2 is 1.87 bits per heavy atom. The van der Waals surface area contributed by atoms with Gasteiger partial charge in [0.05, 0.1) is 11.8 Å². The lowest BCUT2D eigenvalue weighted by atomic mass is 10.1. The van der Waals surface area contributed by atoms with Crippen molar-refractivity contribution in [3.63, 3.8) is 0 Å². The number of hydrogen-bond donors (Lipinski definition) is 2. The summed E-state index contributed by atoms with van der Waals surface area (Å²) in [6, 6.07) is 15.4. The first kappa shape index (κ1) is 15.3. The van der Waals surface area contributed by atoms with E-state index in [2.05, 4.69) is 11.4 Å². The molecule has 0 aliphatic carbocycles. The average Bonchev–Trinajstić information content (AvgIpc) is 2.94. The normalized spacial score (nSPS) is 19.3. The molecule has 0 radical (unpaired) electrons. The van der Waals surface area contributed by atoms with Crippen molar-refractivity contribution in [2.24, 2.45) is 0 Å². The van der Waals surface area contributed by atoms with Gasteiger partial charge < -0.3 is 10.1 Å². The summed E-state index contributed by atoms with van der Waals surface area (Å²) in [5.74, 6) is 0.346. The molecule has 2 aromatic carbocycles. The molecule has 1 aliphatic heterocycles.